The van der Waals surface area contributed by atoms with Crippen molar-refractivity contribution < 1.29 is 23.1 Å². The van der Waals surface area contributed by atoms with E-state index in [0.29, 0.717) is 66.7 Å². The van der Waals surface area contributed by atoms with E-state index in [1.165, 1.54) is 12.1 Å². The fourth-order valence-electron chi connectivity index (χ4n) is 6.39. The number of rotatable bonds is 8. The predicted molar refractivity (Wildman–Crippen MR) is 170 cm³/mol. The van der Waals surface area contributed by atoms with Crippen molar-refractivity contribution in [1.29, 1.82) is 0 Å². The number of piperidine rings is 1. The summed E-state index contributed by atoms with van der Waals surface area (Å²) in [5, 5.41) is 7.84. The Morgan fingerprint density at radius 3 is 2.85 bits per heavy atom. The summed E-state index contributed by atoms with van der Waals surface area (Å²) in [6.45, 7) is 2.77. The van der Waals surface area contributed by atoms with Crippen LogP contribution in [0.15, 0.2) is 53.9 Å². The molecule has 1 aromatic carbocycles. The van der Waals surface area contributed by atoms with Gasteiger partial charge in [0, 0.05) is 78.9 Å². The molecule has 46 heavy (non-hydrogen) atoms. The Kier molecular flexibility index (Phi) is 9.90. The number of fused-ring (bicyclic) bond motifs is 1. The van der Waals surface area contributed by atoms with Gasteiger partial charge in [0.2, 0.25) is 11.8 Å². The lowest BCUT2D eigenvalue weighted by molar-refractivity contribution is -0.138. The molecule has 1 unspecified atom stereocenters. The van der Waals surface area contributed by atoms with Crippen molar-refractivity contribution in [2.24, 2.45) is 4.99 Å². The monoisotopic (exact) mass is 654 g/mol. The number of hydrogen-bond donors (Lipinski definition) is 1. The summed E-state index contributed by atoms with van der Waals surface area (Å²) in [5.41, 5.74) is 3.13. The molecule has 0 aliphatic carbocycles. The number of piperazine rings is 1. The predicted octanol–water partition coefficient (Wildman–Crippen LogP) is 3.53. The number of benzene rings is 1. The van der Waals surface area contributed by atoms with Crippen LogP contribution in [0.25, 0.3) is 11.2 Å². The van der Waals surface area contributed by atoms with Gasteiger partial charge in [-0.1, -0.05) is 17.7 Å². The number of ether oxygens (including phenoxy) is 1. The van der Waals surface area contributed by atoms with Crippen molar-refractivity contribution in [3.05, 3.63) is 65.1 Å². The van der Waals surface area contributed by atoms with E-state index in [0.717, 1.165) is 24.9 Å². The lowest BCUT2D eigenvalue weighted by Gasteiger charge is -2.41. The summed E-state index contributed by atoms with van der Waals surface area (Å²) in [6, 6.07) is 6.45. The molecule has 3 aromatic rings. The molecule has 5 heterocycles. The van der Waals surface area contributed by atoms with Crippen LogP contribution in [-0.4, -0.2) is 111 Å². The maximum Gasteiger partial charge on any atom is 0.387 e. The zero-order valence-electron chi connectivity index (χ0n) is 25.6. The second-order valence-electron chi connectivity index (χ2n) is 11.8. The highest BCUT2D eigenvalue weighted by atomic mass is 35.5. The van der Waals surface area contributed by atoms with Gasteiger partial charge in [0.25, 0.3) is 0 Å². The van der Waals surface area contributed by atoms with Gasteiger partial charge < -0.3 is 19.9 Å². The molecule has 6 rings (SSSR count). The number of likely N-dealkylation sites (tertiary alicyclic amines) is 1. The third-order valence-electron chi connectivity index (χ3n) is 8.91. The molecule has 0 saturated carbocycles. The van der Waals surface area contributed by atoms with E-state index in [1.807, 2.05) is 22.8 Å². The Balaban J connectivity index is 1.23. The number of nitrogens with one attached hydrogen (secondary N) is 1. The van der Waals surface area contributed by atoms with Crippen LogP contribution in [0.5, 0.6) is 5.75 Å². The van der Waals surface area contributed by atoms with Crippen molar-refractivity contribution in [2.45, 2.75) is 51.4 Å². The molecule has 3 aliphatic heterocycles. The highest BCUT2D eigenvalue weighted by Crippen LogP contribution is 2.34. The van der Waals surface area contributed by atoms with Crippen molar-refractivity contribution in [3.63, 3.8) is 0 Å². The van der Waals surface area contributed by atoms with Crippen LogP contribution < -0.4 is 10.1 Å². The zero-order valence-corrected chi connectivity index (χ0v) is 26.4. The fourth-order valence-corrected chi connectivity index (χ4v) is 6.56. The van der Waals surface area contributed by atoms with Crippen molar-refractivity contribution in [3.8, 4) is 5.75 Å². The van der Waals surface area contributed by atoms with Gasteiger partial charge >= 0.3 is 6.61 Å². The largest absolute Gasteiger partial charge is 0.434 e. The minimum Gasteiger partial charge on any atom is -0.434 e. The number of carbonyl (C=O) groups is 2. The molecular weight excluding hydrogens is 618 g/mol. The van der Waals surface area contributed by atoms with Crippen LogP contribution in [0.3, 0.4) is 0 Å². The summed E-state index contributed by atoms with van der Waals surface area (Å²) in [6.07, 6.45) is 9.20. The molecule has 0 spiro atoms. The van der Waals surface area contributed by atoms with E-state index in [1.54, 1.807) is 35.2 Å². The third kappa shape index (κ3) is 7.21. The summed E-state index contributed by atoms with van der Waals surface area (Å²) in [7, 11) is 0. The average Bonchev–Trinajstić information content (AvgIpc) is 3.40. The lowest BCUT2D eigenvalue weighted by Crippen LogP contribution is -2.56. The van der Waals surface area contributed by atoms with Crippen molar-refractivity contribution >= 4 is 40.3 Å². The molecule has 11 nitrogen and oxygen atoms in total. The normalized spacial score (nSPS) is 21.2. The second kappa shape index (κ2) is 14.2. The number of aliphatic imine (C=N–C) groups is 1. The number of nitrogens with zero attached hydrogens (tertiary/aromatic N) is 7. The number of aromatic nitrogens is 3. The first-order valence-corrected chi connectivity index (χ1v) is 15.9. The van der Waals surface area contributed by atoms with E-state index >= 15 is 0 Å². The Hall–Kier alpha value is -3.94. The summed E-state index contributed by atoms with van der Waals surface area (Å²) in [4.78, 5) is 41.3. The van der Waals surface area contributed by atoms with Gasteiger partial charge in [-0.25, -0.2) is 9.50 Å². The van der Waals surface area contributed by atoms with E-state index in [9.17, 15) is 18.4 Å². The lowest BCUT2D eigenvalue weighted by atomic mass is 9.99. The molecule has 0 bridgehead atoms. The fraction of sp³-hybridized carbons (Fsp3) is 0.469. The topological polar surface area (TPSA) is 108 Å². The van der Waals surface area contributed by atoms with Crippen LogP contribution in [0, 0.1) is 0 Å². The quantitative estimate of drug-likeness (QED) is 0.396. The Morgan fingerprint density at radius 1 is 1.24 bits per heavy atom. The number of hydrogen-bond acceptors (Lipinski definition) is 8. The first-order valence-electron chi connectivity index (χ1n) is 15.5. The van der Waals surface area contributed by atoms with Crippen LogP contribution in [0.4, 0.5) is 8.78 Å². The van der Waals surface area contributed by atoms with E-state index in [-0.39, 0.29) is 42.7 Å². The van der Waals surface area contributed by atoms with Gasteiger partial charge in [-0.3, -0.25) is 19.5 Å². The maximum atomic E-state index is 13.6. The molecule has 2 amide bonds. The molecule has 2 aromatic heterocycles. The number of alkyl halides is 2. The van der Waals surface area contributed by atoms with Gasteiger partial charge in [0.05, 0.1) is 31.5 Å². The van der Waals surface area contributed by atoms with Gasteiger partial charge in [0.1, 0.15) is 5.75 Å². The Morgan fingerprint density at radius 2 is 2.07 bits per heavy atom. The summed E-state index contributed by atoms with van der Waals surface area (Å²) in [5.74, 6) is 0.126. The minimum atomic E-state index is -3.02. The van der Waals surface area contributed by atoms with Gasteiger partial charge in [-0.05, 0) is 50.5 Å². The zero-order chi connectivity index (χ0) is 32.2. The first-order chi connectivity index (χ1) is 22.3. The van der Waals surface area contributed by atoms with Crippen LogP contribution in [0.2, 0.25) is 5.02 Å². The number of amides is 2. The van der Waals surface area contributed by atoms with Gasteiger partial charge in [-0.15, -0.1) is 0 Å². The van der Waals surface area contributed by atoms with E-state index in [4.69, 9.17) is 21.3 Å². The summed E-state index contributed by atoms with van der Waals surface area (Å²) >= 11 is 6.35. The Labute approximate surface area is 270 Å². The standard InChI is InChI=1S/C32H37ClF2N8O3/c1-21-3-5-25(26-15-23(33)4-6-28(26)46-32(34)35)27(38-16-22-17-39-43-11-2-9-37-31(22)43)19-41(21)20-30(45)40-12-7-24(8-13-40)42-14-10-36-18-29(42)44/h2,4-6,9,11,15,17,21,24,32,36H,3,7-8,10,12-14,16,18-20H2,1H3. The minimum absolute atomic E-state index is 0.000909. The second-order valence-corrected chi connectivity index (χ2v) is 12.3. The van der Waals surface area contributed by atoms with Crippen LogP contribution in [-0.2, 0) is 16.1 Å². The maximum absolute atomic E-state index is 13.6. The van der Waals surface area contributed by atoms with Crippen LogP contribution in [0.1, 0.15) is 37.3 Å². The molecular formula is C32H37ClF2N8O3. The van der Waals surface area contributed by atoms with Gasteiger partial charge in [-0.2, -0.15) is 13.9 Å². The van der Waals surface area contributed by atoms with Crippen molar-refractivity contribution in [2.75, 3.05) is 45.8 Å². The smallest absolute Gasteiger partial charge is 0.387 e. The molecule has 14 heteroatoms. The molecule has 1 N–H and O–H groups in total. The Bertz CT molecular complexity index is 1640. The number of carbonyl (C=O) groups excluding carboxylic acids is 2. The van der Waals surface area contributed by atoms with Crippen molar-refractivity contribution in [1.82, 2.24) is 34.6 Å². The molecule has 1 atom stereocenters. The van der Waals surface area contributed by atoms with Crippen LogP contribution >= 0.6 is 11.6 Å². The molecule has 2 saturated heterocycles. The molecule has 244 valence electrons. The highest BCUT2D eigenvalue weighted by molar-refractivity contribution is 6.32. The van der Waals surface area contributed by atoms with E-state index < -0.39 is 6.61 Å². The number of halogens is 3. The highest BCUT2D eigenvalue weighted by Gasteiger charge is 2.33. The molecule has 3 aliphatic rings. The first kappa shape index (κ1) is 32.0. The SMILES string of the molecule is CC1CC=C(c2cc(Cl)ccc2OC(F)F)C(=NCc2cnn3cccnc23)CN1CC(=O)N1CCC(N2CCNCC2=O)CC1. The average molecular weight is 655 g/mol. The van der Waals surface area contributed by atoms with E-state index in [2.05, 4.69) is 20.3 Å². The van der Waals surface area contributed by atoms with Gasteiger partial charge in [0.15, 0.2) is 5.65 Å². The molecule has 2 fully saturated rings. The third-order valence-corrected chi connectivity index (χ3v) is 9.15. The summed E-state index contributed by atoms with van der Waals surface area (Å²) < 4.78 is 33.4. The molecule has 0 radical (unpaired) electrons.